The maximum Gasteiger partial charge on any atom is 0.192 e. The Morgan fingerprint density at radius 1 is 1.53 bits per heavy atom. The molecule has 0 aliphatic rings. The summed E-state index contributed by atoms with van der Waals surface area (Å²) in [5, 5.41) is 12.9. The predicted octanol–water partition coefficient (Wildman–Crippen LogP) is 0.716. The van der Waals surface area contributed by atoms with E-state index in [4.69, 9.17) is 10.2 Å². The number of aryl methyl sites for hydroxylation is 1. The summed E-state index contributed by atoms with van der Waals surface area (Å²) in [6.45, 7) is 2.02. The second-order valence-corrected chi connectivity index (χ2v) is 4.03. The van der Waals surface area contributed by atoms with Crippen molar-refractivity contribution >= 4 is 11.1 Å². The number of rotatable bonds is 4. The molecule has 0 bridgehead atoms. The highest BCUT2D eigenvalue weighted by Gasteiger charge is 2.18. The van der Waals surface area contributed by atoms with Crippen LogP contribution in [0, 0.1) is 6.92 Å². The van der Waals surface area contributed by atoms with Gasteiger partial charge in [-0.05, 0) is 24.7 Å². The van der Waals surface area contributed by atoms with Gasteiger partial charge in [-0.15, -0.1) is 0 Å². The highest BCUT2D eigenvalue weighted by Crippen LogP contribution is 2.22. The minimum Gasteiger partial charge on any atom is -0.441 e. The van der Waals surface area contributed by atoms with Gasteiger partial charge in [-0.25, -0.2) is 4.98 Å². The second kappa shape index (κ2) is 4.83. The highest BCUT2D eigenvalue weighted by molar-refractivity contribution is 5.73. The third kappa shape index (κ3) is 2.31. The first-order valence-corrected chi connectivity index (χ1v) is 5.58. The van der Waals surface area contributed by atoms with E-state index in [0.29, 0.717) is 5.89 Å². The van der Waals surface area contributed by atoms with Crippen molar-refractivity contribution in [2.24, 2.45) is 5.73 Å². The minimum atomic E-state index is -0.624. The Balaban J connectivity index is 2.40. The Kier molecular flexibility index (Phi) is 3.42. The summed E-state index contributed by atoms with van der Waals surface area (Å²) >= 11 is 0. The summed E-state index contributed by atoms with van der Waals surface area (Å²) in [6.07, 6.45) is -0.624. The van der Waals surface area contributed by atoms with E-state index < -0.39 is 6.10 Å². The second-order valence-electron chi connectivity index (χ2n) is 4.03. The lowest BCUT2D eigenvalue weighted by molar-refractivity contribution is 0.139. The van der Waals surface area contributed by atoms with Gasteiger partial charge in [0.2, 0.25) is 0 Å². The molecule has 5 nitrogen and oxygen atoms in total. The maximum absolute atomic E-state index is 9.81. The number of nitrogens with zero attached hydrogens (tertiary/aromatic N) is 1. The average Bonchev–Trinajstić information content (AvgIpc) is 2.69. The molecule has 92 valence electrons. The van der Waals surface area contributed by atoms with E-state index in [0.717, 1.165) is 16.7 Å². The van der Waals surface area contributed by atoms with Gasteiger partial charge in [0.25, 0.3) is 0 Å². The molecule has 1 aromatic heterocycles. The molecule has 0 aliphatic carbocycles. The van der Waals surface area contributed by atoms with Gasteiger partial charge < -0.3 is 20.6 Å². The van der Waals surface area contributed by atoms with Crippen LogP contribution >= 0.6 is 0 Å². The minimum absolute atomic E-state index is 0.199. The van der Waals surface area contributed by atoms with Gasteiger partial charge in [-0.3, -0.25) is 0 Å². The molecular formula is C12H17N3O2. The van der Waals surface area contributed by atoms with Crippen LogP contribution < -0.4 is 11.1 Å². The number of hydrogen-bond donors (Lipinski definition) is 3. The zero-order chi connectivity index (χ0) is 12.4. The molecule has 5 heteroatoms. The first kappa shape index (κ1) is 12.0. The number of aromatic nitrogens is 1. The number of oxazole rings is 1. The van der Waals surface area contributed by atoms with E-state index in [-0.39, 0.29) is 12.6 Å². The lowest BCUT2D eigenvalue weighted by atomic mass is 10.0. The van der Waals surface area contributed by atoms with E-state index in [1.165, 1.54) is 0 Å². The van der Waals surface area contributed by atoms with Crippen LogP contribution in [-0.2, 0) is 0 Å². The summed E-state index contributed by atoms with van der Waals surface area (Å²) in [5.41, 5.74) is 7.96. The van der Waals surface area contributed by atoms with Crippen LogP contribution in [0.5, 0.6) is 0 Å². The number of benzene rings is 1. The molecule has 2 rings (SSSR count). The first-order chi connectivity index (χ1) is 8.15. The van der Waals surface area contributed by atoms with Gasteiger partial charge in [-0.1, -0.05) is 6.07 Å². The summed E-state index contributed by atoms with van der Waals surface area (Å²) in [6, 6.07) is 5.49. The monoisotopic (exact) mass is 235 g/mol. The maximum atomic E-state index is 9.81. The van der Waals surface area contributed by atoms with E-state index in [2.05, 4.69) is 10.3 Å². The summed E-state index contributed by atoms with van der Waals surface area (Å²) in [5.74, 6) is 0.637. The van der Waals surface area contributed by atoms with Crippen molar-refractivity contribution in [2.45, 2.75) is 19.1 Å². The molecule has 17 heavy (non-hydrogen) atoms. The molecule has 0 spiro atoms. The normalized spacial score (nSPS) is 15.1. The number of aliphatic hydroxyl groups is 1. The number of fused-ring (bicyclic) bond motifs is 1. The van der Waals surface area contributed by atoms with Crippen LogP contribution in [0.4, 0.5) is 0 Å². The fourth-order valence-electron chi connectivity index (χ4n) is 1.97. The van der Waals surface area contributed by atoms with Gasteiger partial charge >= 0.3 is 0 Å². The van der Waals surface area contributed by atoms with Gasteiger partial charge in [0.15, 0.2) is 11.5 Å². The SMILES string of the molecule is CNC(c1ccc2nc(C)oc2c1)C(O)CN. The summed E-state index contributed by atoms with van der Waals surface area (Å²) in [7, 11) is 1.79. The Morgan fingerprint density at radius 3 is 2.94 bits per heavy atom. The van der Waals surface area contributed by atoms with Crippen molar-refractivity contribution in [3.05, 3.63) is 29.7 Å². The van der Waals surface area contributed by atoms with Gasteiger partial charge in [0.05, 0.1) is 12.1 Å². The zero-order valence-corrected chi connectivity index (χ0v) is 9.97. The number of nitrogens with two attached hydrogens (primary N) is 1. The van der Waals surface area contributed by atoms with Crippen molar-refractivity contribution < 1.29 is 9.52 Å². The molecule has 0 fully saturated rings. The molecule has 2 atom stereocenters. The van der Waals surface area contributed by atoms with E-state index >= 15 is 0 Å². The van der Waals surface area contributed by atoms with E-state index in [1.54, 1.807) is 7.05 Å². The number of hydrogen-bond acceptors (Lipinski definition) is 5. The van der Waals surface area contributed by atoms with E-state index in [1.807, 2.05) is 25.1 Å². The molecule has 2 unspecified atom stereocenters. The molecule has 0 radical (unpaired) electrons. The van der Waals surface area contributed by atoms with Gasteiger partial charge in [0, 0.05) is 13.5 Å². The standard InChI is InChI=1S/C12H17N3O2/c1-7-15-9-4-3-8(5-11(9)17-7)12(14-2)10(16)6-13/h3-5,10,12,14,16H,6,13H2,1-2H3. The predicted molar refractivity (Wildman–Crippen MR) is 65.6 cm³/mol. The topological polar surface area (TPSA) is 84.3 Å². The molecular weight excluding hydrogens is 218 g/mol. The lowest BCUT2D eigenvalue weighted by Crippen LogP contribution is -2.34. The molecule has 1 heterocycles. The number of likely N-dealkylation sites (N-methyl/N-ethyl adjacent to an activating group) is 1. The van der Waals surface area contributed by atoms with Crippen molar-refractivity contribution in [2.75, 3.05) is 13.6 Å². The molecule has 0 amide bonds. The molecule has 2 aromatic rings. The lowest BCUT2D eigenvalue weighted by Gasteiger charge is -2.21. The molecule has 0 saturated heterocycles. The fourth-order valence-corrected chi connectivity index (χ4v) is 1.97. The summed E-state index contributed by atoms with van der Waals surface area (Å²) in [4.78, 5) is 4.23. The number of nitrogens with one attached hydrogen (secondary N) is 1. The summed E-state index contributed by atoms with van der Waals surface area (Å²) < 4.78 is 5.46. The third-order valence-corrected chi connectivity index (χ3v) is 2.82. The molecule has 0 aliphatic heterocycles. The first-order valence-electron chi connectivity index (χ1n) is 5.58. The van der Waals surface area contributed by atoms with Gasteiger partial charge in [-0.2, -0.15) is 0 Å². The molecule has 1 aromatic carbocycles. The third-order valence-electron chi connectivity index (χ3n) is 2.82. The quantitative estimate of drug-likeness (QED) is 0.727. The number of aliphatic hydroxyl groups excluding tert-OH is 1. The van der Waals surface area contributed by atoms with Crippen LogP contribution in [0.1, 0.15) is 17.5 Å². The molecule has 0 saturated carbocycles. The smallest absolute Gasteiger partial charge is 0.192 e. The van der Waals surface area contributed by atoms with Crippen LogP contribution in [0.2, 0.25) is 0 Å². The van der Waals surface area contributed by atoms with Crippen LogP contribution in [0.15, 0.2) is 22.6 Å². The Bertz CT molecular complexity index is 509. The van der Waals surface area contributed by atoms with Crippen LogP contribution in [-0.4, -0.2) is 29.8 Å². The fraction of sp³-hybridized carbons (Fsp3) is 0.417. The van der Waals surface area contributed by atoms with Crippen molar-refractivity contribution in [1.82, 2.24) is 10.3 Å². The Labute approximate surface area is 99.6 Å². The van der Waals surface area contributed by atoms with Crippen molar-refractivity contribution in [1.29, 1.82) is 0 Å². The van der Waals surface area contributed by atoms with Crippen molar-refractivity contribution in [3.8, 4) is 0 Å². The highest BCUT2D eigenvalue weighted by atomic mass is 16.3. The Morgan fingerprint density at radius 2 is 2.29 bits per heavy atom. The Hall–Kier alpha value is -1.43. The largest absolute Gasteiger partial charge is 0.441 e. The van der Waals surface area contributed by atoms with Crippen LogP contribution in [0.3, 0.4) is 0 Å². The zero-order valence-electron chi connectivity index (χ0n) is 9.97. The van der Waals surface area contributed by atoms with Gasteiger partial charge in [0.1, 0.15) is 5.52 Å². The van der Waals surface area contributed by atoms with E-state index in [9.17, 15) is 5.11 Å². The van der Waals surface area contributed by atoms with Crippen molar-refractivity contribution in [3.63, 3.8) is 0 Å². The molecule has 4 N–H and O–H groups in total. The average molecular weight is 235 g/mol. The van der Waals surface area contributed by atoms with Crippen LogP contribution in [0.25, 0.3) is 11.1 Å².